The Labute approximate surface area is 121 Å². The van der Waals surface area contributed by atoms with Gasteiger partial charge in [0.1, 0.15) is 11.8 Å². The van der Waals surface area contributed by atoms with E-state index in [1.807, 2.05) is 45.0 Å². The van der Waals surface area contributed by atoms with Crippen molar-refractivity contribution >= 4 is 5.97 Å². The SMILES string of the molecule is CCC(NC(CC(C)C)C(=O)O)c1ccccc1OC. The highest BCUT2D eigenvalue weighted by molar-refractivity contribution is 5.73. The molecule has 0 saturated carbocycles. The molecule has 0 saturated heterocycles. The number of benzene rings is 1. The molecule has 4 nitrogen and oxygen atoms in total. The molecule has 1 aromatic carbocycles. The molecular formula is C16H25NO3. The molecule has 0 fully saturated rings. The van der Waals surface area contributed by atoms with Gasteiger partial charge in [-0.1, -0.05) is 39.0 Å². The van der Waals surface area contributed by atoms with Gasteiger partial charge < -0.3 is 9.84 Å². The van der Waals surface area contributed by atoms with Gasteiger partial charge in [-0.2, -0.15) is 0 Å². The van der Waals surface area contributed by atoms with Gasteiger partial charge in [0, 0.05) is 11.6 Å². The van der Waals surface area contributed by atoms with Crippen LogP contribution < -0.4 is 10.1 Å². The van der Waals surface area contributed by atoms with E-state index >= 15 is 0 Å². The quantitative estimate of drug-likeness (QED) is 0.767. The normalized spacial score (nSPS) is 14.1. The maximum atomic E-state index is 11.4. The molecule has 4 heteroatoms. The van der Waals surface area contributed by atoms with E-state index in [0.29, 0.717) is 12.3 Å². The van der Waals surface area contributed by atoms with E-state index in [1.165, 1.54) is 0 Å². The van der Waals surface area contributed by atoms with Crippen molar-refractivity contribution in [3.8, 4) is 5.75 Å². The molecule has 1 aromatic rings. The molecule has 20 heavy (non-hydrogen) atoms. The third kappa shape index (κ3) is 4.53. The van der Waals surface area contributed by atoms with Crippen LogP contribution in [0.25, 0.3) is 0 Å². The van der Waals surface area contributed by atoms with Gasteiger partial charge in [-0.05, 0) is 24.8 Å². The van der Waals surface area contributed by atoms with Crippen molar-refractivity contribution in [2.75, 3.05) is 7.11 Å². The van der Waals surface area contributed by atoms with E-state index in [4.69, 9.17) is 4.74 Å². The molecule has 1 rings (SSSR count). The number of para-hydroxylation sites is 1. The van der Waals surface area contributed by atoms with Gasteiger partial charge in [-0.15, -0.1) is 0 Å². The first-order valence-electron chi connectivity index (χ1n) is 7.11. The minimum atomic E-state index is -0.799. The van der Waals surface area contributed by atoms with Gasteiger partial charge in [0.2, 0.25) is 0 Å². The lowest BCUT2D eigenvalue weighted by atomic mass is 9.98. The maximum Gasteiger partial charge on any atom is 0.320 e. The molecule has 112 valence electrons. The van der Waals surface area contributed by atoms with Crippen molar-refractivity contribution in [2.45, 2.75) is 45.7 Å². The Balaban J connectivity index is 2.91. The van der Waals surface area contributed by atoms with E-state index in [-0.39, 0.29) is 6.04 Å². The number of nitrogens with one attached hydrogen (secondary N) is 1. The minimum absolute atomic E-state index is 0.0222. The predicted molar refractivity (Wildman–Crippen MR) is 80.0 cm³/mol. The lowest BCUT2D eigenvalue weighted by molar-refractivity contribution is -0.140. The number of carbonyl (C=O) groups is 1. The first-order chi connectivity index (χ1) is 9.49. The number of hydrogen-bond donors (Lipinski definition) is 2. The van der Waals surface area contributed by atoms with E-state index < -0.39 is 12.0 Å². The van der Waals surface area contributed by atoms with Crippen molar-refractivity contribution < 1.29 is 14.6 Å². The lowest BCUT2D eigenvalue weighted by Gasteiger charge is -2.25. The van der Waals surface area contributed by atoms with Crippen LogP contribution in [0.4, 0.5) is 0 Å². The van der Waals surface area contributed by atoms with Crippen molar-refractivity contribution in [3.63, 3.8) is 0 Å². The Morgan fingerprint density at radius 2 is 2.00 bits per heavy atom. The Kier molecular flexibility index (Phi) is 6.52. The summed E-state index contributed by atoms with van der Waals surface area (Å²) in [6.45, 7) is 6.10. The summed E-state index contributed by atoms with van der Waals surface area (Å²) >= 11 is 0. The lowest BCUT2D eigenvalue weighted by Crippen LogP contribution is -2.40. The zero-order chi connectivity index (χ0) is 15.1. The van der Waals surface area contributed by atoms with Gasteiger partial charge >= 0.3 is 5.97 Å². The molecule has 0 aliphatic carbocycles. The van der Waals surface area contributed by atoms with Crippen LogP contribution in [-0.4, -0.2) is 24.2 Å². The summed E-state index contributed by atoms with van der Waals surface area (Å²) in [5, 5.41) is 12.6. The summed E-state index contributed by atoms with van der Waals surface area (Å²) in [6.07, 6.45) is 1.42. The topological polar surface area (TPSA) is 58.6 Å². The smallest absolute Gasteiger partial charge is 0.320 e. The van der Waals surface area contributed by atoms with Gasteiger partial charge in [-0.3, -0.25) is 10.1 Å². The summed E-state index contributed by atoms with van der Waals surface area (Å²) in [7, 11) is 1.63. The van der Waals surface area contributed by atoms with Crippen LogP contribution in [-0.2, 0) is 4.79 Å². The first kappa shape index (κ1) is 16.5. The molecule has 0 radical (unpaired) electrons. The fraction of sp³-hybridized carbons (Fsp3) is 0.562. The van der Waals surface area contributed by atoms with Crippen molar-refractivity contribution in [3.05, 3.63) is 29.8 Å². The molecule has 2 unspecified atom stereocenters. The molecule has 2 atom stereocenters. The monoisotopic (exact) mass is 279 g/mol. The Bertz CT molecular complexity index is 431. The van der Waals surface area contributed by atoms with Crippen LogP contribution in [0.2, 0.25) is 0 Å². The number of ether oxygens (including phenoxy) is 1. The van der Waals surface area contributed by atoms with Crippen LogP contribution in [0.1, 0.15) is 45.2 Å². The highest BCUT2D eigenvalue weighted by Gasteiger charge is 2.24. The zero-order valence-electron chi connectivity index (χ0n) is 12.7. The predicted octanol–water partition coefficient (Wildman–Crippen LogP) is 3.24. The second-order valence-electron chi connectivity index (χ2n) is 5.39. The third-order valence-electron chi connectivity index (χ3n) is 3.33. The third-order valence-corrected chi connectivity index (χ3v) is 3.33. The van der Waals surface area contributed by atoms with Crippen LogP contribution in [0.15, 0.2) is 24.3 Å². The number of aliphatic carboxylic acids is 1. The Morgan fingerprint density at radius 1 is 1.35 bits per heavy atom. The van der Waals surface area contributed by atoms with Crippen molar-refractivity contribution in [2.24, 2.45) is 5.92 Å². The zero-order valence-corrected chi connectivity index (χ0v) is 12.7. The molecule has 2 N–H and O–H groups in total. The average Bonchev–Trinajstić information content (AvgIpc) is 2.42. The minimum Gasteiger partial charge on any atom is -0.496 e. The standard InChI is InChI=1S/C16H25NO3/c1-5-13(12-8-6-7-9-15(12)20-4)17-14(16(18)19)10-11(2)3/h6-9,11,13-14,17H,5,10H2,1-4H3,(H,18,19). The average molecular weight is 279 g/mol. The fourth-order valence-electron chi connectivity index (χ4n) is 2.34. The molecule has 0 aliphatic heterocycles. The van der Waals surface area contributed by atoms with E-state index in [0.717, 1.165) is 17.7 Å². The van der Waals surface area contributed by atoms with E-state index in [9.17, 15) is 9.90 Å². The highest BCUT2D eigenvalue weighted by Crippen LogP contribution is 2.27. The summed E-state index contributed by atoms with van der Waals surface area (Å²) in [5.41, 5.74) is 1.01. The molecule has 0 amide bonds. The summed E-state index contributed by atoms with van der Waals surface area (Å²) < 4.78 is 5.36. The van der Waals surface area contributed by atoms with Crippen LogP contribution in [0.3, 0.4) is 0 Å². The molecular weight excluding hydrogens is 254 g/mol. The highest BCUT2D eigenvalue weighted by atomic mass is 16.5. The number of carboxylic acids is 1. The Morgan fingerprint density at radius 3 is 2.50 bits per heavy atom. The molecule has 0 heterocycles. The summed E-state index contributed by atoms with van der Waals surface area (Å²) in [4.78, 5) is 11.4. The van der Waals surface area contributed by atoms with E-state index in [1.54, 1.807) is 7.11 Å². The number of methoxy groups -OCH3 is 1. The van der Waals surface area contributed by atoms with Gasteiger partial charge in [0.25, 0.3) is 0 Å². The largest absolute Gasteiger partial charge is 0.496 e. The summed E-state index contributed by atoms with van der Waals surface area (Å²) in [5.74, 6) is 0.325. The van der Waals surface area contributed by atoms with Crippen molar-refractivity contribution in [1.29, 1.82) is 0 Å². The number of hydrogen-bond acceptors (Lipinski definition) is 3. The first-order valence-corrected chi connectivity index (χ1v) is 7.11. The number of carboxylic acid groups (broad SMARTS) is 1. The van der Waals surface area contributed by atoms with Crippen LogP contribution in [0, 0.1) is 5.92 Å². The van der Waals surface area contributed by atoms with Gasteiger partial charge in [-0.25, -0.2) is 0 Å². The van der Waals surface area contributed by atoms with Crippen LogP contribution in [0.5, 0.6) is 5.75 Å². The molecule has 0 aliphatic rings. The molecule has 0 bridgehead atoms. The van der Waals surface area contributed by atoms with Gasteiger partial charge in [0.05, 0.1) is 7.11 Å². The fourth-order valence-corrected chi connectivity index (χ4v) is 2.34. The Hall–Kier alpha value is -1.55. The van der Waals surface area contributed by atoms with Crippen molar-refractivity contribution in [1.82, 2.24) is 5.32 Å². The molecule has 0 spiro atoms. The second kappa shape index (κ2) is 7.90. The molecule has 0 aromatic heterocycles. The second-order valence-corrected chi connectivity index (χ2v) is 5.39. The van der Waals surface area contributed by atoms with Gasteiger partial charge in [0.15, 0.2) is 0 Å². The van der Waals surface area contributed by atoms with Crippen LogP contribution >= 0.6 is 0 Å². The number of rotatable bonds is 8. The van der Waals surface area contributed by atoms with E-state index in [2.05, 4.69) is 5.32 Å². The summed E-state index contributed by atoms with van der Waals surface area (Å²) in [6, 6.07) is 7.18. The maximum absolute atomic E-state index is 11.4.